The molecule has 0 fully saturated rings. The van der Waals surface area contributed by atoms with E-state index in [1.54, 1.807) is 0 Å². The van der Waals surface area contributed by atoms with E-state index in [-0.39, 0.29) is 0 Å². The van der Waals surface area contributed by atoms with Crippen LogP contribution in [-0.2, 0) is 13.1 Å². The molecule has 3 rings (SSSR count). The fraction of sp³-hybridized carbons (Fsp3) is 0.250. The first kappa shape index (κ1) is 9.81. The van der Waals surface area contributed by atoms with E-state index in [2.05, 4.69) is 38.8 Å². The SMILES string of the molecule is c1csc(CN2CNc3ncccc3C2)c1. The third kappa shape index (κ3) is 1.94. The van der Waals surface area contributed by atoms with E-state index in [0.29, 0.717) is 0 Å². The molecule has 0 atom stereocenters. The van der Waals surface area contributed by atoms with Gasteiger partial charge < -0.3 is 5.32 Å². The number of nitrogens with zero attached hydrogens (tertiary/aromatic N) is 2. The molecule has 1 aliphatic heterocycles. The van der Waals surface area contributed by atoms with E-state index in [1.807, 2.05) is 23.6 Å². The van der Waals surface area contributed by atoms with E-state index >= 15 is 0 Å². The van der Waals surface area contributed by atoms with Crippen LogP contribution in [0, 0.1) is 0 Å². The Labute approximate surface area is 98.7 Å². The Morgan fingerprint density at radius 1 is 1.38 bits per heavy atom. The van der Waals surface area contributed by atoms with Gasteiger partial charge in [-0.25, -0.2) is 4.98 Å². The maximum absolute atomic E-state index is 4.32. The second-order valence-corrected chi connectivity index (χ2v) is 4.94. The van der Waals surface area contributed by atoms with Crippen LogP contribution in [0.15, 0.2) is 35.8 Å². The lowest BCUT2D eigenvalue weighted by atomic mass is 10.2. The lowest BCUT2D eigenvalue weighted by Gasteiger charge is -2.28. The molecule has 2 aromatic heterocycles. The first-order valence-electron chi connectivity index (χ1n) is 5.34. The molecular formula is C12H13N3S. The number of thiophene rings is 1. The highest BCUT2D eigenvalue weighted by Crippen LogP contribution is 2.21. The molecule has 0 radical (unpaired) electrons. The third-order valence-electron chi connectivity index (χ3n) is 2.71. The molecule has 1 aliphatic rings. The largest absolute Gasteiger partial charge is 0.357 e. The first-order valence-corrected chi connectivity index (χ1v) is 6.22. The normalized spacial score (nSPS) is 15.5. The predicted octanol–water partition coefficient (Wildman–Crippen LogP) is 2.53. The van der Waals surface area contributed by atoms with Crippen LogP contribution in [0.5, 0.6) is 0 Å². The molecule has 0 unspecified atom stereocenters. The van der Waals surface area contributed by atoms with Crippen molar-refractivity contribution in [3.8, 4) is 0 Å². The molecule has 0 aliphatic carbocycles. The average Bonchev–Trinajstić information content (AvgIpc) is 2.82. The number of nitrogens with one attached hydrogen (secondary N) is 1. The number of pyridine rings is 1. The summed E-state index contributed by atoms with van der Waals surface area (Å²) in [4.78, 5) is 8.11. The van der Waals surface area contributed by atoms with Crippen molar-refractivity contribution in [3.05, 3.63) is 46.3 Å². The Hall–Kier alpha value is -1.39. The summed E-state index contributed by atoms with van der Waals surface area (Å²) in [5, 5.41) is 5.47. The van der Waals surface area contributed by atoms with Gasteiger partial charge in [-0.1, -0.05) is 12.1 Å². The molecule has 4 heteroatoms. The summed E-state index contributed by atoms with van der Waals surface area (Å²) in [7, 11) is 0. The highest BCUT2D eigenvalue weighted by molar-refractivity contribution is 7.09. The van der Waals surface area contributed by atoms with Gasteiger partial charge in [0.05, 0.1) is 6.67 Å². The summed E-state index contributed by atoms with van der Waals surface area (Å²) >= 11 is 1.81. The van der Waals surface area contributed by atoms with E-state index in [1.165, 1.54) is 10.4 Å². The van der Waals surface area contributed by atoms with Crippen molar-refractivity contribution in [2.24, 2.45) is 0 Å². The van der Waals surface area contributed by atoms with Crippen LogP contribution in [0.2, 0.25) is 0 Å². The number of aromatic nitrogens is 1. The highest BCUT2D eigenvalue weighted by Gasteiger charge is 2.16. The van der Waals surface area contributed by atoms with Crippen molar-refractivity contribution in [3.63, 3.8) is 0 Å². The second kappa shape index (κ2) is 4.23. The molecule has 0 bridgehead atoms. The molecule has 16 heavy (non-hydrogen) atoms. The minimum atomic E-state index is 0.877. The number of hydrogen-bond acceptors (Lipinski definition) is 4. The fourth-order valence-corrected chi connectivity index (χ4v) is 2.69. The van der Waals surface area contributed by atoms with Gasteiger partial charge in [-0.3, -0.25) is 4.90 Å². The Bertz CT molecular complexity index is 467. The first-order chi connectivity index (χ1) is 7.92. The zero-order valence-electron chi connectivity index (χ0n) is 8.89. The molecule has 3 nitrogen and oxygen atoms in total. The van der Waals surface area contributed by atoms with Crippen LogP contribution in [0.4, 0.5) is 5.82 Å². The van der Waals surface area contributed by atoms with Crippen molar-refractivity contribution in [1.29, 1.82) is 0 Å². The molecule has 0 saturated carbocycles. The summed E-state index contributed by atoms with van der Waals surface area (Å²) in [5.74, 6) is 1.03. The Kier molecular flexibility index (Phi) is 2.60. The van der Waals surface area contributed by atoms with Crippen molar-refractivity contribution >= 4 is 17.2 Å². The molecular weight excluding hydrogens is 218 g/mol. The molecule has 2 aromatic rings. The number of fused-ring (bicyclic) bond motifs is 1. The van der Waals surface area contributed by atoms with Crippen molar-refractivity contribution in [1.82, 2.24) is 9.88 Å². The van der Waals surface area contributed by atoms with Crippen LogP contribution in [-0.4, -0.2) is 16.6 Å². The van der Waals surface area contributed by atoms with Crippen LogP contribution >= 0.6 is 11.3 Å². The molecule has 0 saturated heterocycles. The number of anilines is 1. The van der Waals surface area contributed by atoms with E-state index in [9.17, 15) is 0 Å². The van der Waals surface area contributed by atoms with Gasteiger partial charge in [0, 0.05) is 29.7 Å². The van der Waals surface area contributed by atoms with E-state index < -0.39 is 0 Å². The molecule has 0 spiro atoms. The van der Waals surface area contributed by atoms with Crippen LogP contribution in [0.3, 0.4) is 0 Å². The number of hydrogen-bond donors (Lipinski definition) is 1. The summed E-state index contributed by atoms with van der Waals surface area (Å²) in [6, 6.07) is 8.42. The van der Waals surface area contributed by atoms with Gasteiger partial charge in [0.15, 0.2) is 0 Å². The van der Waals surface area contributed by atoms with Gasteiger partial charge in [-0.05, 0) is 17.5 Å². The van der Waals surface area contributed by atoms with Gasteiger partial charge >= 0.3 is 0 Å². The Balaban J connectivity index is 1.73. The van der Waals surface area contributed by atoms with Crippen molar-refractivity contribution in [2.45, 2.75) is 13.1 Å². The zero-order valence-corrected chi connectivity index (χ0v) is 9.70. The van der Waals surface area contributed by atoms with E-state index in [0.717, 1.165) is 25.6 Å². The maximum atomic E-state index is 4.32. The highest BCUT2D eigenvalue weighted by atomic mass is 32.1. The summed E-state index contributed by atoms with van der Waals surface area (Å²) in [6.07, 6.45) is 1.83. The van der Waals surface area contributed by atoms with Crippen LogP contribution in [0.25, 0.3) is 0 Å². The average molecular weight is 231 g/mol. The number of rotatable bonds is 2. The van der Waals surface area contributed by atoms with Gasteiger partial charge in [-0.2, -0.15) is 0 Å². The lowest BCUT2D eigenvalue weighted by molar-refractivity contribution is 0.268. The van der Waals surface area contributed by atoms with Crippen molar-refractivity contribution < 1.29 is 0 Å². The summed E-state index contributed by atoms with van der Waals surface area (Å²) < 4.78 is 0. The fourth-order valence-electron chi connectivity index (χ4n) is 1.94. The van der Waals surface area contributed by atoms with Gasteiger partial charge in [0.2, 0.25) is 0 Å². The van der Waals surface area contributed by atoms with Gasteiger partial charge in [-0.15, -0.1) is 11.3 Å². The summed E-state index contributed by atoms with van der Waals surface area (Å²) in [6.45, 7) is 2.87. The van der Waals surface area contributed by atoms with Crippen molar-refractivity contribution in [2.75, 3.05) is 12.0 Å². The van der Waals surface area contributed by atoms with Crippen LogP contribution < -0.4 is 5.32 Å². The second-order valence-electron chi connectivity index (χ2n) is 3.91. The monoisotopic (exact) mass is 231 g/mol. The topological polar surface area (TPSA) is 28.2 Å². The minimum Gasteiger partial charge on any atom is -0.357 e. The smallest absolute Gasteiger partial charge is 0.131 e. The molecule has 1 N–H and O–H groups in total. The minimum absolute atomic E-state index is 0.877. The van der Waals surface area contributed by atoms with Gasteiger partial charge in [0.25, 0.3) is 0 Å². The predicted molar refractivity (Wildman–Crippen MR) is 66.3 cm³/mol. The van der Waals surface area contributed by atoms with Crippen LogP contribution in [0.1, 0.15) is 10.4 Å². The molecule has 3 heterocycles. The zero-order chi connectivity index (χ0) is 10.8. The standard InChI is InChI=1S/C12H13N3S/c1-3-10-7-15(8-11-4-2-6-16-11)9-14-12(10)13-5-1/h1-6H,7-9H2,(H,13,14). The Morgan fingerprint density at radius 3 is 3.25 bits per heavy atom. The Morgan fingerprint density at radius 2 is 2.38 bits per heavy atom. The van der Waals surface area contributed by atoms with Gasteiger partial charge in [0.1, 0.15) is 5.82 Å². The summed E-state index contributed by atoms with van der Waals surface area (Å²) in [5.41, 5.74) is 1.28. The molecule has 0 aromatic carbocycles. The quantitative estimate of drug-likeness (QED) is 0.861. The molecule has 82 valence electrons. The maximum Gasteiger partial charge on any atom is 0.131 e. The van der Waals surface area contributed by atoms with E-state index in [4.69, 9.17) is 0 Å². The molecule has 0 amide bonds. The third-order valence-corrected chi connectivity index (χ3v) is 3.58. The lowest BCUT2D eigenvalue weighted by Crippen LogP contribution is -2.33.